The third kappa shape index (κ3) is 4.69. The summed E-state index contributed by atoms with van der Waals surface area (Å²) in [6, 6.07) is -0.131. The summed E-state index contributed by atoms with van der Waals surface area (Å²) in [5, 5.41) is 8.43. The van der Waals surface area contributed by atoms with E-state index in [1.165, 1.54) is 4.90 Å². The van der Waals surface area contributed by atoms with Crippen molar-refractivity contribution in [1.82, 2.24) is 9.80 Å². The quantitative estimate of drug-likeness (QED) is 0.719. The monoisotopic (exact) mass is 202 g/mol. The first kappa shape index (κ1) is 12.7. The third-order valence-corrected chi connectivity index (χ3v) is 1.87. The first-order chi connectivity index (χ1) is 6.49. The Morgan fingerprint density at radius 2 is 1.64 bits per heavy atom. The lowest BCUT2D eigenvalue weighted by molar-refractivity contribution is -0.137. The van der Waals surface area contributed by atoms with Crippen LogP contribution in [-0.4, -0.2) is 54.1 Å². The maximum Gasteiger partial charge on any atom is 0.319 e. The molecule has 0 aliphatic rings. The van der Waals surface area contributed by atoms with E-state index < -0.39 is 5.97 Å². The van der Waals surface area contributed by atoms with Crippen molar-refractivity contribution in [2.24, 2.45) is 0 Å². The number of nitrogens with zero attached hydrogens (tertiary/aromatic N) is 2. The minimum Gasteiger partial charge on any atom is -0.481 e. The molecule has 0 aromatic rings. The molecule has 2 amide bonds. The van der Waals surface area contributed by atoms with Crippen LogP contribution in [0.5, 0.6) is 0 Å². The SMILES string of the molecule is CCCN(C)C(=O)N(C)CCC(=O)O. The summed E-state index contributed by atoms with van der Waals surface area (Å²) in [7, 11) is 3.32. The molecule has 0 aliphatic heterocycles. The average molecular weight is 202 g/mol. The highest BCUT2D eigenvalue weighted by atomic mass is 16.4. The van der Waals surface area contributed by atoms with Crippen LogP contribution in [0.15, 0.2) is 0 Å². The molecule has 0 heterocycles. The molecular formula is C9H18N2O3. The van der Waals surface area contributed by atoms with Crippen molar-refractivity contribution < 1.29 is 14.7 Å². The van der Waals surface area contributed by atoms with Gasteiger partial charge in [0, 0.05) is 27.2 Å². The number of carbonyl (C=O) groups is 2. The lowest BCUT2D eigenvalue weighted by Crippen LogP contribution is -2.40. The molecule has 0 rings (SSSR count). The number of hydrogen-bond donors (Lipinski definition) is 1. The zero-order valence-corrected chi connectivity index (χ0v) is 8.99. The summed E-state index contributed by atoms with van der Waals surface area (Å²) in [6.45, 7) is 2.93. The first-order valence-electron chi connectivity index (χ1n) is 4.67. The molecule has 0 aliphatic carbocycles. The molecule has 0 saturated carbocycles. The normalized spacial score (nSPS) is 9.64. The van der Waals surface area contributed by atoms with Gasteiger partial charge in [0.2, 0.25) is 0 Å². The van der Waals surface area contributed by atoms with Crippen molar-refractivity contribution in [2.45, 2.75) is 19.8 Å². The highest BCUT2D eigenvalue weighted by Crippen LogP contribution is 1.96. The lowest BCUT2D eigenvalue weighted by Gasteiger charge is -2.23. The second-order valence-electron chi connectivity index (χ2n) is 3.27. The lowest BCUT2D eigenvalue weighted by atomic mass is 10.4. The minimum absolute atomic E-state index is 0.0117. The van der Waals surface area contributed by atoms with E-state index >= 15 is 0 Å². The first-order valence-corrected chi connectivity index (χ1v) is 4.67. The smallest absolute Gasteiger partial charge is 0.319 e. The van der Waals surface area contributed by atoms with Gasteiger partial charge in [-0.1, -0.05) is 6.92 Å². The van der Waals surface area contributed by atoms with Gasteiger partial charge < -0.3 is 14.9 Å². The summed E-state index contributed by atoms with van der Waals surface area (Å²) >= 11 is 0. The van der Waals surface area contributed by atoms with Crippen LogP contribution in [0.4, 0.5) is 4.79 Å². The number of amides is 2. The minimum atomic E-state index is -0.886. The molecule has 0 unspecified atom stereocenters. The molecule has 0 atom stereocenters. The van der Waals surface area contributed by atoms with Crippen molar-refractivity contribution in [1.29, 1.82) is 0 Å². The molecule has 5 heteroatoms. The van der Waals surface area contributed by atoms with Gasteiger partial charge in [0.15, 0.2) is 0 Å². The van der Waals surface area contributed by atoms with Crippen molar-refractivity contribution in [3.8, 4) is 0 Å². The molecule has 0 fully saturated rings. The van der Waals surface area contributed by atoms with Crippen LogP contribution in [0.3, 0.4) is 0 Å². The standard InChI is InChI=1S/C9H18N2O3/c1-4-6-10(2)9(14)11(3)7-5-8(12)13/h4-7H2,1-3H3,(H,12,13). The number of carbonyl (C=O) groups excluding carboxylic acids is 1. The Morgan fingerprint density at radius 1 is 1.14 bits per heavy atom. The molecule has 0 radical (unpaired) electrons. The maximum absolute atomic E-state index is 11.5. The topological polar surface area (TPSA) is 60.9 Å². The van der Waals surface area contributed by atoms with Gasteiger partial charge >= 0.3 is 12.0 Å². The highest BCUT2D eigenvalue weighted by molar-refractivity contribution is 5.74. The van der Waals surface area contributed by atoms with E-state index in [1.54, 1.807) is 19.0 Å². The second kappa shape index (κ2) is 6.23. The largest absolute Gasteiger partial charge is 0.481 e. The van der Waals surface area contributed by atoms with Gasteiger partial charge in [-0.2, -0.15) is 0 Å². The highest BCUT2D eigenvalue weighted by Gasteiger charge is 2.13. The Labute approximate surface area is 84.3 Å². The Kier molecular flexibility index (Phi) is 5.67. The fourth-order valence-corrected chi connectivity index (χ4v) is 1.08. The van der Waals surface area contributed by atoms with Crippen molar-refractivity contribution in [3.05, 3.63) is 0 Å². The Bertz CT molecular complexity index is 206. The Morgan fingerprint density at radius 3 is 2.07 bits per heavy atom. The molecule has 0 bridgehead atoms. The summed E-state index contributed by atoms with van der Waals surface area (Å²) in [4.78, 5) is 24.8. The second-order valence-corrected chi connectivity index (χ2v) is 3.27. The van der Waals surface area contributed by atoms with Gasteiger partial charge in [0.25, 0.3) is 0 Å². The summed E-state index contributed by atoms with van der Waals surface area (Å²) in [5.41, 5.74) is 0. The van der Waals surface area contributed by atoms with Gasteiger partial charge in [0.1, 0.15) is 0 Å². The van der Waals surface area contributed by atoms with Gasteiger partial charge in [0.05, 0.1) is 6.42 Å². The maximum atomic E-state index is 11.5. The number of aliphatic carboxylic acids is 1. The Hall–Kier alpha value is -1.26. The predicted octanol–water partition coefficient (Wildman–Crippen LogP) is 0.855. The van der Waals surface area contributed by atoms with Crippen LogP contribution in [0, 0.1) is 0 Å². The zero-order valence-electron chi connectivity index (χ0n) is 8.99. The summed E-state index contributed by atoms with van der Waals surface area (Å²) in [5.74, 6) is -0.886. The summed E-state index contributed by atoms with van der Waals surface area (Å²) < 4.78 is 0. The van der Waals surface area contributed by atoms with Crippen LogP contribution in [0.25, 0.3) is 0 Å². The van der Waals surface area contributed by atoms with Crippen LogP contribution in [0.1, 0.15) is 19.8 Å². The van der Waals surface area contributed by atoms with Crippen LogP contribution < -0.4 is 0 Å². The molecule has 1 N–H and O–H groups in total. The molecular weight excluding hydrogens is 184 g/mol. The molecule has 0 saturated heterocycles. The van der Waals surface area contributed by atoms with E-state index in [0.29, 0.717) is 6.54 Å². The molecule has 0 aromatic carbocycles. The predicted molar refractivity (Wildman–Crippen MR) is 53.2 cm³/mol. The van der Waals surface area contributed by atoms with Gasteiger partial charge in [-0.15, -0.1) is 0 Å². The average Bonchev–Trinajstić information content (AvgIpc) is 2.13. The molecule has 0 aromatic heterocycles. The van der Waals surface area contributed by atoms with E-state index in [4.69, 9.17) is 5.11 Å². The van der Waals surface area contributed by atoms with Crippen molar-refractivity contribution in [3.63, 3.8) is 0 Å². The van der Waals surface area contributed by atoms with Crippen molar-refractivity contribution >= 4 is 12.0 Å². The zero-order chi connectivity index (χ0) is 11.1. The fourth-order valence-electron chi connectivity index (χ4n) is 1.08. The van der Waals surface area contributed by atoms with Gasteiger partial charge in [-0.05, 0) is 6.42 Å². The van der Waals surface area contributed by atoms with Crippen LogP contribution in [-0.2, 0) is 4.79 Å². The molecule has 82 valence electrons. The molecule has 0 spiro atoms. The number of rotatable bonds is 5. The van der Waals surface area contributed by atoms with E-state index in [1.807, 2.05) is 6.92 Å². The van der Waals surface area contributed by atoms with E-state index in [2.05, 4.69) is 0 Å². The number of carboxylic acids is 1. The Balaban J connectivity index is 3.91. The van der Waals surface area contributed by atoms with E-state index in [-0.39, 0.29) is 19.0 Å². The third-order valence-electron chi connectivity index (χ3n) is 1.87. The van der Waals surface area contributed by atoms with Gasteiger partial charge in [-0.25, -0.2) is 4.79 Å². The van der Waals surface area contributed by atoms with Crippen LogP contribution >= 0.6 is 0 Å². The number of urea groups is 1. The summed E-state index contributed by atoms with van der Waals surface area (Å²) in [6.07, 6.45) is 0.886. The molecule has 14 heavy (non-hydrogen) atoms. The number of carboxylic acid groups (broad SMARTS) is 1. The molecule has 5 nitrogen and oxygen atoms in total. The van der Waals surface area contributed by atoms with Crippen LogP contribution in [0.2, 0.25) is 0 Å². The fraction of sp³-hybridized carbons (Fsp3) is 0.778. The van der Waals surface area contributed by atoms with E-state index in [9.17, 15) is 9.59 Å². The number of hydrogen-bond acceptors (Lipinski definition) is 2. The van der Waals surface area contributed by atoms with E-state index in [0.717, 1.165) is 6.42 Å². The van der Waals surface area contributed by atoms with Crippen molar-refractivity contribution in [2.75, 3.05) is 27.2 Å². The van der Waals surface area contributed by atoms with Gasteiger partial charge in [-0.3, -0.25) is 4.79 Å².